The summed E-state index contributed by atoms with van der Waals surface area (Å²) in [4.78, 5) is 12.6. The van der Waals surface area contributed by atoms with Crippen LogP contribution in [0.15, 0.2) is 109 Å². The van der Waals surface area contributed by atoms with E-state index in [-0.39, 0.29) is 5.78 Å². The Morgan fingerprint density at radius 2 is 1.29 bits per heavy atom. The van der Waals surface area contributed by atoms with Gasteiger partial charge in [-0.05, 0) is 59.7 Å². The first-order valence-electron chi connectivity index (χ1n) is 11.1. The molecule has 0 aliphatic heterocycles. The number of carbonyl (C=O) groups is 1. The molecule has 0 heterocycles. The summed E-state index contributed by atoms with van der Waals surface area (Å²) in [5.41, 5.74) is 3.53. The van der Waals surface area contributed by atoms with E-state index in [0.717, 1.165) is 16.7 Å². The Bertz CT molecular complexity index is 1230. The van der Waals surface area contributed by atoms with Crippen molar-refractivity contribution in [3.8, 4) is 17.2 Å². The number of ether oxygens (including phenoxy) is 3. The number of methoxy groups -OCH3 is 1. The molecule has 4 rings (SSSR count). The number of rotatable bonds is 10. The minimum absolute atomic E-state index is 0.0962. The molecule has 0 amide bonds. The maximum Gasteiger partial charge on any atom is 0.185 e. The molecule has 0 N–H and O–H groups in total. The minimum atomic E-state index is -0.0962. The average molecular weight is 451 g/mol. The molecule has 4 heteroatoms. The van der Waals surface area contributed by atoms with Crippen LogP contribution in [0.3, 0.4) is 0 Å². The fourth-order valence-electron chi connectivity index (χ4n) is 3.36. The number of ketones is 1. The molecule has 4 aromatic rings. The number of benzene rings is 4. The highest BCUT2D eigenvalue weighted by atomic mass is 16.5. The van der Waals surface area contributed by atoms with Gasteiger partial charge in [-0.1, -0.05) is 60.7 Å². The smallest absolute Gasteiger partial charge is 0.185 e. The van der Waals surface area contributed by atoms with Crippen LogP contribution in [-0.4, -0.2) is 12.9 Å². The van der Waals surface area contributed by atoms with E-state index in [1.807, 2.05) is 78.9 Å². The molecule has 0 bridgehead atoms. The molecule has 4 aromatic carbocycles. The summed E-state index contributed by atoms with van der Waals surface area (Å²) < 4.78 is 17.3. The lowest BCUT2D eigenvalue weighted by molar-refractivity contribution is 0.104. The van der Waals surface area contributed by atoms with Crippen molar-refractivity contribution in [1.29, 1.82) is 0 Å². The largest absolute Gasteiger partial charge is 0.497 e. The fourth-order valence-corrected chi connectivity index (χ4v) is 3.36. The Hall–Kier alpha value is -4.31. The number of allylic oxidation sites excluding steroid dienone is 1. The molecule has 170 valence electrons. The fraction of sp³-hybridized carbons (Fsp3) is 0.100. The van der Waals surface area contributed by atoms with Crippen LogP contribution in [0.1, 0.15) is 27.0 Å². The Labute approximate surface area is 200 Å². The van der Waals surface area contributed by atoms with Gasteiger partial charge in [0.1, 0.15) is 30.5 Å². The molecule has 34 heavy (non-hydrogen) atoms. The van der Waals surface area contributed by atoms with Crippen molar-refractivity contribution < 1.29 is 19.0 Å². The predicted molar refractivity (Wildman–Crippen MR) is 134 cm³/mol. The first-order valence-corrected chi connectivity index (χ1v) is 11.1. The third-order valence-corrected chi connectivity index (χ3v) is 5.26. The van der Waals surface area contributed by atoms with Crippen LogP contribution in [0.5, 0.6) is 17.2 Å². The van der Waals surface area contributed by atoms with E-state index < -0.39 is 0 Å². The lowest BCUT2D eigenvalue weighted by atomic mass is 10.1. The summed E-state index contributed by atoms with van der Waals surface area (Å²) in [7, 11) is 1.60. The van der Waals surface area contributed by atoms with Crippen molar-refractivity contribution in [3.63, 3.8) is 0 Å². The van der Waals surface area contributed by atoms with E-state index in [9.17, 15) is 4.79 Å². The highest BCUT2D eigenvalue weighted by molar-refractivity contribution is 6.07. The maximum absolute atomic E-state index is 12.6. The lowest BCUT2D eigenvalue weighted by Gasteiger charge is -2.13. The van der Waals surface area contributed by atoms with Gasteiger partial charge in [0.15, 0.2) is 5.78 Å². The van der Waals surface area contributed by atoms with Crippen LogP contribution in [-0.2, 0) is 13.2 Å². The van der Waals surface area contributed by atoms with Crippen LogP contribution in [0.2, 0.25) is 0 Å². The lowest BCUT2D eigenvalue weighted by Crippen LogP contribution is -2.00. The van der Waals surface area contributed by atoms with Gasteiger partial charge in [-0.15, -0.1) is 0 Å². The highest BCUT2D eigenvalue weighted by Gasteiger charge is 2.08. The molecule has 0 aromatic heterocycles. The molecular formula is C30H26O4. The monoisotopic (exact) mass is 450 g/mol. The molecule has 0 saturated heterocycles. The standard InChI is InChI=1S/C30H26O4/c1-32-27-16-12-25(13-17-27)29(31)19-15-26-14-18-28(33-21-23-8-4-2-5-9-23)20-30(26)34-22-24-10-6-3-7-11-24/h2-20H,21-22H2,1H3. The third kappa shape index (κ3) is 6.36. The van der Waals surface area contributed by atoms with Gasteiger partial charge in [-0.3, -0.25) is 4.79 Å². The predicted octanol–water partition coefficient (Wildman–Crippen LogP) is 6.75. The van der Waals surface area contributed by atoms with E-state index in [1.165, 1.54) is 0 Å². The van der Waals surface area contributed by atoms with Gasteiger partial charge >= 0.3 is 0 Å². The molecule has 0 aliphatic carbocycles. The highest BCUT2D eigenvalue weighted by Crippen LogP contribution is 2.28. The molecule has 0 fully saturated rings. The zero-order chi connectivity index (χ0) is 23.6. The van der Waals surface area contributed by atoms with E-state index in [0.29, 0.717) is 36.0 Å². The van der Waals surface area contributed by atoms with Gasteiger partial charge in [0.2, 0.25) is 0 Å². The van der Waals surface area contributed by atoms with Gasteiger partial charge in [0, 0.05) is 17.2 Å². The molecule has 0 saturated carbocycles. The summed E-state index contributed by atoms with van der Waals surface area (Å²) in [6.07, 6.45) is 3.32. The number of carbonyl (C=O) groups excluding carboxylic acids is 1. The second kappa shape index (κ2) is 11.5. The average Bonchev–Trinajstić information content (AvgIpc) is 2.91. The molecule has 0 radical (unpaired) electrons. The zero-order valence-electron chi connectivity index (χ0n) is 19.0. The quantitative estimate of drug-likeness (QED) is 0.198. The second-order valence-electron chi connectivity index (χ2n) is 7.67. The summed E-state index contributed by atoms with van der Waals surface area (Å²) in [5.74, 6) is 1.96. The van der Waals surface area contributed by atoms with Gasteiger partial charge in [0.05, 0.1) is 7.11 Å². The summed E-state index contributed by atoms with van der Waals surface area (Å²) in [6.45, 7) is 0.875. The van der Waals surface area contributed by atoms with E-state index in [2.05, 4.69) is 0 Å². The Kier molecular flexibility index (Phi) is 7.75. The molecule has 0 aliphatic rings. The Morgan fingerprint density at radius 1 is 0.706 bits per heavy atom. The van der Waals surface area contributed by atoms with Crippen LogP contribution in [0.4, 0.5) is 0 Å². The number of hydrogen-bond donors (Lipinski definition) is 0. The van der Waals surface area contributed by atoms with Gasteiger partial charge < -0.3 is 14.2 Å². The maximum atomic E-state index is 12.6. The summed E-state index contributed by atoms with van der Waals surface area (Å²) >= 11 is 0. The molecule has 0 spiro atoms. The molecular weight excluding hydrogens is 424 g/mol. The van der Waals surface area contributed by atoms with Crippen LogP contribution in [0.25, 0.3) is 6.08 Å². The van der Waals surface area contributed by atoms with Gasteiger partial charge in [-0.25, -0.2) is 0 Å². The van der Waals surface area contributed by atoms with Gasteiger partial charge in [-0.2, -0.15) is 0 Å². The normalized spacial score (nSPS) is 10.7. The van der Waals surface area contributed by atoms with E-state index in [4.69, 9.17) is 14.2 Å². The first kappa shape index (κ1) is 22.9. The van der Waals surface area contributed by atoms with Crippen molar-refractivity contribution in [2.24, 2.45) is 0 Å². The van der Waals surface area contributed by atoms with Crippen molar-refractivity contribution in [3.05, 3.63) is 131 Å². The second-order valence-corrected chi connectivity index (χ2v) is 7.67. The van der Waals surface area contributed by atoms with Crippen molar-refractivity contribution >= 4 is 11.9 Å². The van der Waals surface area contributed by atoms with Crippen molar-refractivity contribution in [2.75, 3.05) is 7.11 Å². The van der Waals surface area contributed by atoms with Gasteiger partial charge in [0.25, 0.3) is 0 Å². The van der Waals surface area contributed by atoms with E-state index in [1.54, 1.807) is 43.5 Å². The molecule has 4 nitrogen and oxygen atoms in total. The first-order chi connectivity index (χ1) is 16.7. The van der Waals surface area contributed by atoms with E-state index >= 15 is 0 Å². The number of hydrogen-bond acceptors (Lipinski definition) is 4. The SMILES string of the molecule is COc1ccc(C(=O)C=Cc2ccc(OCc3ccccc3)cc2OCc2ccccc2)cc1. The Morgan fingerprint density at radius 3 is 1.91 bits per heavy atom. The van der Waals surface area contributed by atoms with Crippen LogP contribution >= 0.6 is 0 Å². The van der Waals surface area contributed by atoms with Crippen molar-refractivity contribution in [1.82, 2.24) is 0 Å². The topological polar surface area (TPSA) is 44.8 Å². The Balaban J connectivity index is 1.52. The summed E-state index contributed by atoms with van der Waals surface area (Å²) in [5, 5.41) is 0. The third-order valence-electron chi connectivity index (χ3n) is 5.26. The van der Waals surface area contributed by atoms with Crippen LogP contribution in [0, 0.1) is 0 Å². The van der Waals surface area contributed by atoms with Crippen molar-refractivity contribution in [2.45, 2.75) is 13.2 Å². The molecule has 0 atom stereocenters. The summed E-state index contributed by atoms with van der Waals surface area (Å²) in [6, 6.07) is 32.6. The van der Waals surface area contributed by atoms with Crippen LogP contribution < -0.4 is 14.2 Å². The zero-order valence-corrected chi connectivity index (χ0v) is 19.0. The minimum Gasteiger partial charge on any atom is -0.497 e. The molecule has 0 unspecified atom stereocenters.